The van der Waals surface area contributed by atoms with Crippen LogP contribution in [0.15, 0.2) is 24.4 Å². The van der Waals surface area contributed by atoms with Gasteiger partial charge >= 0.3 is 0 Å². The molecule has 0 fully saturated rings. The van der Waals surface area contributed by atoms with E-state index >= 15 is 0 Å². The number of pyridine rings is 1. The number of carbonyl (C=O) groups excluding carboxylic acids is 1. The van der Waals surface area contributed by atoms with Crippen LogP contribution in [0.4, 0.5) is 5.82 Å². The third kappa shape index (κ3) is 6.00. The topological polar surface area (TPSA) is 80.2 Å². The van der Waals surface area contributed by atoms with Crippen LogP contribution in [0.1, 0.15) is 59.2 Å². The molecule has 2 aromatic rings. The van der Waals surface area contributed by atoms with Crippen molar-refractivity contribution in [3.05, 3.63) is 35.7 Å². The molecular formula is C24H35N5O2. The molecular weight excluding hydrogens is 390 g/mol. The molecule has 3 rings (SSSR count). The first-order valence-electron chi connectivity index (χ1n) is 10.9. The van der Waals surface area contributed by atoms with E-state index in [1.807, 2.05) is 71.7 Å². The van der Waals surface area contributed by atoms with Gasteiger partial charge in [0.15, 0.2) is 5.82 Å². The Labute approximate surface area is 185 Å². The lowest BCUT2D eigenvalue weighted by Gasteiger charge is -2.34. The molecule has 7 heteroatoms. The number of anilines is 1. The predicted molar refractivity (Wildman–Crippen MR) is 123 cm³/mol. The average molecular weight is 426 g/mol. The van der Waals surface area contributed by atoms with E-state index in [1.165, 1.54) is 0 Å². The SMILES string of the molecule is CN(c1nc(-c2ccccn2)nc2c1CCC2)[C@H](COC(C)(C)C)C(=O)NC(C)(C)C. The van der Waals surface area contributed by atoms with E-state index in [0.29, 0.717) is 5.82 Å². The monoisotopic (exact) mass is 425 g/mol. The molecule has 0 bridgehead atoms. The summed E-state index contributed by atoms with van der Waals surface area (Å²) in [6, 6.07) is 5.20. The molecule has 0 saturated heterocycles. The summed E-state index contributed by atoms with van der Waals surface area (Å²) in [5.74, 6) is 1.30. The van der Waals surface area contributed by atoms with Crippen LogP contribution in [0.2, 0.25) is 0 Å². The molecule has 1 atom stereocenters. The molecule has 0 spiro atoms. The Morgan fingerprint density at radius 2 is 1.90 bits per heavy atom. The summed E-state index contributed by atoms with van der Waals surface area (Å²) >= 11 is 0. The quantitative estimate of drug-likeness (QED) is 0.762. The van der Waals surface area contributed by atoms with Gasteiger partial charge in [0.1, 0.15) is 17.6 Å². The van der Waals surface area contributed by atoms with Gasteiger partial charge in [-0.2, -0.15) is 0 Å². The predicted octanol–water partition coefficient (Wildman–Crippen LogP) is 3.56. The third-order valence-corrected chi connectivity index (χ3v) is 5.08. The lowest BCUT2D eigenvalue weighted by Crippen LogP contribution is -2.54. The van der Waals surface area contributed by atoms with Gasteiger partial charge < -0.3 is 15.0 Å². The second-order valence-electron chi connectivity index (χ2n) is 10.2. The van der Waals surface area contributed by atoms with E-state index in [0.717, 1.165) is 42.0 Å². The number of carbonyl (C=O) groups is 1. The first kappa shape index (κ1) is 23.1. The smallest absolute Gasteiger partial charge is 0.245 e. The Morgan fingerprint density at radius 3 is 2.52 bits per heavy atom. The minimum absolute atomic E-state index is 0.0796. The zero-order valence-corrected chi connectivity index (χ0v) is 19.8. The van der Waals surface area contributed by atoms with E-state index in [4.69, 9.17) is 14.7 Å². The summed E-state index contributed by atoms with van der Waals surface area (Å²) in [5.41, 5.74) is 2.20. The fraction of sp³-hybridized carbons (Fsp3) is 0.583. The molecule has 1 aliphatic rings. The zero-order chi connectivity index (χ0) is 22.8. The van der Waals surface area contributed by atoms with Crippen molar-refractivity contribution >= 4 is 11.7 Å². The lowest BCUT2D eigenvalue weighted by molar-refractivity contribution is -0.126. The molecule has 2 heterocycles. The van der Waals surface area contributed by atoms with Crippen LogP contribution in [-0.2, 0) is 22.4 Å². The maximum Gasteiger partial charge on any atom is 0.245 e. The Hall–Kier alpha value is -2.54. The Morgan fingerprint density at radius 1 is 1.16 bits per heavy atom. The second-order valence-corrected chi connectivity index (χ2v) is 10.2. The molecule has 0 radical (unpaired) electrons. The molecule has 2 aromatic heterocycles. The van der Waals surface area contributed by atoms with Crippen LogP contribution in [0.25, 0.3) is 11.5 Å². The van der Waals surface area contributed by atoms with Crippen molar-refractivity contribution in [3.63, 3.8) is 0 Å². The van der Waals surface area contributed by atoms with E-state index in [-0.39, 0.29) is 23.7 Å². The van der Waals surface area contributed by atoms with Crippen LogP contribution >= 0.6 is 0 Å². The van der Waals surface area contributed by atoms with Crippen molar-refractivity contribution in [1.82, 2.24) is 20.3 Å². The fourth-order valence-electron chi connectivity index (χ4n) is 3.61. The number of nitrogens with zero attached hydrogens (tertiary/aromatic N) is 4. The van der Waals surface area contributed by atoms with Crippen molar-refractivity contribution in [2.75, 3.05) is 18.6 Å². The molecule has 31 heavy (non-hydrogen) atoms. The number of aromatic nitrogens is 3. The molecule has 1 aliphatic carbocycles. The van der Waals surface area contributed by atoms with Gasteiger partial charge in [-0.05, 0) is 72.9 Å². The highest BCUT2D eigenvalue weighted by molar-refractivity contribution is 5.86. The van der Waals surface area contributed by atoms with Crippen molar-refractivity contribution in [1.29, 1.82) is 0 Å². The second kappa shape index (κ2) is 8.91. The van der Waals surface area contributed by atoms with Crippen LogP contribution in [0.5, 0.6) is 0 Å². The molecule has 7 nitrogen and oxygen atoms in total. The van der Waals surface area contributed by atoms with Crippen molar-refractivity contribution in [2.45, 2.75) is 78.0 Å². The summed E-state index contributed by atoms with van der Waals surface area (Å²) in [7, 11) is 1.92. The third-order valence-electron chi connectivity index (χ3n) is 5.08. The maximum absolute atomic E-state index is 13.3. The summed E-state index contributed by atoms with van der Waals surface area (Å²) < 4.78 is 6.05. The Balaban J connectivity index is 2.00. The van der Waals surface area contributed by atoms with Crippen molar-refractivity contribution in [3.8, 4) is 11.5 Å². The van der Waals surface area contributed by atoms with E-state index in [2.05, 4.69) is 10.3 Å². The fourth-order valence-corrected chi connectivity index (χ4v) is 3.61. The zero-order valence-electron chi connectivity index (χ0n) is 19.8. The van der Waals surface area contributed by atoms with E-state index in [9.17, 15) is 4.79 Å². The van der Waals surface area contributed by atoms with Gasteiger partial charge in [-0.15, -0.1) is 0 Å². The van der Waals surface area contributed by atoms with Crippen molar-refractivity contribution in [2.24, 2.45) is 0 Å². The Bertz CT molecular complexity index is 916. The summed E-state index contributed by atoms with van der Waals surface area (Å²) in [5, 5.41) is 3.10. The number of hydrogen-bond donors (Lipinski definition) is 1. The number of fused-ring (bicyclic) bond motifs is 1. The van der Waals surface area contributed by atoms with Gasteiger partial charge in [0.25, 0.3) is 0 Å². The first-order valence-corrected chi connectivity index (χ1v) is 10.9. The van der Waals surface area contributed by atoms with Crippen LogP contribution in [0, 0.1) is 0 Å². The maximum atomic E-state index is 13.3. The molecule has 0 aliphatic heterocycles. The van der Waals surface area contributed by atoms with Gasteiger partial charge in [0, 0.05) is 30.0 Å². The molecule has 1 N–H and O–H groups in total. The molecule has 0 unspecified atom stereocenters. The van der Waals surface area contributed by atoms with Gasteiger partial charge in [0.2, 0.25) is 5.91 Å². The summed E-state index contributed by atoms with van der Waals surface area (Å²) in [4.78, 5) is 29.3. The normalized spacial score (nSPS) is 14.8. The van der Waals surface area contributed by atoms with Gasteiger partial charge in [-0.25, -0.2) is 9.97 Å². The minimum atomic E-state index is -0.519. The van der Waals surface area contributed by atoms with E-state index in [1.54, 1.807) is 6.20 Å². The Kier molecular flexibility index (Phi) is 6.65. The number of aryl methyl sites for hydroxylation is 1. The summed E-state index contributed by atoms with van der Waals surface area (Å²) in [6.07, 6.45) is 4.60. The number of ether oxygens (including phenoxy) is 1. The molecule has 168 valence electrons. The van der Waals surface area contributed by atoms with Crippen LogP contribution < -0.4 is 10.2 Å². The molecule has 0 aromatic carbocycles. The average Bonchev–Trinajstić information content (AvgIpc) is 3.14. The lowest BCUT2D eigenvalue weighted by atomic mass is 10.1. The molecule has 0 saturated carbocycles. The first-order chi connectivity index (χ1) is 14.4. The standard InChI is InChI=1S/C24H35N5O2/c1-23(2,3)28-22(30)19(15-31-24(4,5)6)29(7)21-16-11-10-13-17(16)26-20(27-21)18-12-8-9-14-25-18/h8-9,12,14,19H,10-11,13,15H2,1-7H3,(H,28,30)/t19-/m1/s1. The number of hydrogen-bond acceptors (Lipinski definition) is 6. The van der Waals surface area contributed by atoms with Crippen LogP contribution in [0.3, 0.4) is 0 Å². The highest BCUT2D eigenvalue weighted by Crippen LogP contribution is 2.31. The number of amides is 1. The number of likely N-dealkylation sites (N-methyl/N-ethyl adjacent to an activating group) is 1. The van der Waals surface area contributed by atoms with Crippen molar-refractivity contribution < 1.29 is 9.53 Å². The van der Waals surface area contributed by atoms with Gasteiger partial charge in [-0.3, -0.25) is 9.78 Å². The number of nitrogens with one attached hydrogen (secondary N) is 1. The summed E-state index contributed by atoms with van der Waals surface area (Å²) in [6.45, 7) is 12.2. The molecule has 1 amide bonds. The van der Waals surface area contributed by atoms with Crippen LogP contribution in [-0.4, -0.2) is 51.7 Å². The number of rotatable bonds is 6. The van der Waals surface area contributed by atoms with Gasteiger partial charge in [-0.1, -0.05) is 6.07 Å². The van der Waals surface area contributed by atoms with E-state index < -0.39 is 6.04 Å². The van der Waals surface area contributed by atoms with Gasteiger partial charge in [0.05, 0.1) is 12.2 Å². The largest absolute Gasteiger partial charge is 0.373 e. The highest BCUT2D eigenvalue weighted by atomic mass is 16.5. The minimum Gasteiger partial charge on any atom is -0.373 e. The highest BCUT2D eigenvalue weighted by Gasteiger charge is 2.32.